The molecule has 0 fully saturated rings. The second-order valence-corrected chi connectivity index (χ2v) is 3.50. The highest BCUT2D eigenvalue weighted by Crippen LogP contribution is 2.12. The summed E-state index contributed by atoms with van der Waals surface area (Å²) in [6.07, 6.45) is 1.57. The van der Waals surface area contributed by atoms with Crippen LogP contribution in [-0.4, -0.2) is 12.1 Å². The lowest BCUT2D eigenvalue weighted by atomic mass is 10.2. The molecule has 1 heterocycles. The van der Waals surface area contributed by atoms with Gasteiger partial charge in [0.15, 0.2) is 5.75 Å². The van der Waals surface area contributed by atoms with Crippen LogP contribution in [0.25, 0.3) is 0 Å². The van der Waals surface area contributed by atoms with Crippen LogP contribution in [0.5, 0.6) is 11.5 Å². The molecule has 0 aliphatic heterocycles. The van der Waals surface area contributed by atoms with Crippen molar-refractivity contribution < 1.29 is 9.47 Å². The van der Waals surface area contributed by atoms with Gasteiger partial charge in [-0.2, -0.15) is 0 Å². The van der Waals surface area contributed by atoms with Crippen LogP contribution in [0.2, 0.25) is 0 Å². The number of hydrogen-bond donors (Lipinski definition) is 1. The zero-order valence-corrected chi connectivity index (χ0v) is 9.47. The third kappa shape index (κ3) is 2.87. The van der Waals surface area contributed by atoms with E-state index in [0.717, 1.165) is 11.3 Å². The molecule has 0 saturated carbocycles. The number of aromatic amines is 1. The van der Waals surface area contributed by atoms with Gasteiger partial charge in [0, 0.05) is 6.20 Å². The Morgan fingerprint density at radius 1 is 1.18 bits per heavy atom. The highest BCUT2D eigenvalue weighted by molar-refractivity contribution is 5.27. The smallest absolute Gasteiger partial charge is 0.290 e. The van der Waals surface area contributed by atoms with Gasteiger partial charge in [-0.25, -0.2) is 0 Å². The van der Waals surface area contributed by atoms with Gasteiger partial charge in [0.1, 0.15) is 12.4 Å². The molecule has 0 spiro atoms. The predicted molar refractivity (Wildman–Crippen MR) is 64.4 cm³/mol. The van der Waals surface area contributed by atoms with Crippen molar-refractivity contribution in [2.75, 3.05) is 7.11 Å². The van der Waals surface area contributed by atoms with Gasteiger partial charge < -0.3 is 14.5 Å². The number of nitrogens with one attached hydrogen (secondary N) is 1. The van der Waals surface area contributed by atoms with Gasteiger partial charge in [-0.1, -0.05) is 12.1 Å². The van der Waals surface area contributed by atoms with Crippen LogP contribution in [0.15, 0.2) is 47.4 Å². The SMILES string of the molecule is COc1ccc(COc2ccc[nH]c2=O)cc1. The number of aromatic nitrogens is 1. The number of methoxy groups -OCH3 is 1. The van der Waals surface area contributed by atoms with Gasteiger partial charge in [0.05, 0.1) is 7.11 Å². The van der Waals surface area contributed by atoms with E-state index in [2.05, 4.69) is 4.98 Å². The fourth-order valence-corrected chi connectivity index (χ4v) is 1.40. The molecule has 1 N–H and O–H groups in total. The van der Waals surface area contributed by atoms with Crippen molar-refractivity contribution in [3.05, 3.63) is 58.5 Å². The van der Waals surface area contributed by atoms with Crippen LogP contribution >= 0.6 is 0 Å². The Hall–Kier alpha value is -2.23. The van der Waals surface area contributed by atoms with Crippen molar-refractivity contribution in [1.29, 1.82) is 0 Å². The molecule has 1 aromatic carbocycles. The molecule has 0 bridgehead atoms. The van der Waals surface area contributed by atoms with Gasteiger partial charge in [0.2, 0.25) is 0 Å². The van der Waals surface area contributed by atoms with E-state index in [1.54, 1.807) is 25.4 Å². The van der Waals surface area contributed by atoms with Gasteiger partial charge >= 0.3 is 0 Å². The first-order chi connectivity index (χ1) is 8.29. The zero-order chi connectivity index (χ0) is 12.1. The van der Waals surface area contributed by atoms with Crippen molar-refractivity contribution in [2.45, 2.75) is 6.61 Å². The summed E-state index contributed by atoms with van der Waals surface area (Å²) >= 11 is 0. The van der Waals surface area contributed by atoms with Crippen LogP contribution in [-0.2, 0) is 6.61 Å². The molecule has 0 aliphatic carbocycles. The van der Waals surface area contributed by atoms with E-state index < -0.39 is 0 Å². The standard InChI is InChI=1S/C13H13NO3/c1-16-11-6-4-10(5-7-11)9-17-12-3-2-8-14-13(12)15/h2-8H,9H2,1H3,(H,14,15). The molecule has 2 rings (SSSR count). The molecule has 0 amide bonds. The average molecular weight is 231 g/mol. The summed E-state index contributed by atoms with van der Waals surface area (Å²) in [4.78, 5) is 13.9. The Bertz CT molecular complexity index is 531. The fourth-order valence-electron chi connectivity index (χ4n) is 1.40. The summed E-state index contributed by atoms with van der Waals surface area (Å²) in [7, 11) is 1.62. The van der Waals surface area contributed by atoms with Crippen LogP contribution < -0.4 is 15.0 Å². The molecule has 4 heteroatoms. The van der Waals surface area contributed by atoms with Crippen molar-refractivity contribution in [2.24, 2.45) is 0 Å². The molecule has 1 aromatic heterocycles. The van der Waals surface area contributed by atoms with Crippen molar-refractivity contribution >= 4 is 0 Å². The Balaban J connectivity index is 2.02. The molecule has 2 aromatic rings. The minimum absolute atomic E-state index is 0.221. The Morgan fingerprint density at radius 2 is 1.94 bits per heavy atom. The first-order valence-electron chi connectivity index (χ1n) is 5.23. The largest absolute Gasteiger partial charge is 0.497 e. The second-order valence-electron chi connectivity index (χ2n) is 3.50. The second kappa shape index (κ2) is 5.21. The minimum Gasteiger partial charge on any atom is -0.497 e. The molecule has 4 nitrogen and oxygen atoms in total. The van der Waals surface area contributed by atoms with E-state index in [1.807, 2.05) is 24.3 Å². The number of rotatable bonds is 4. The van der Waals surface area contributed by atoms with E-state index in [-0.39, 0.29) is 5.56 Å². The molecular formula is C13H13NO3. The highest BCUT2D eigenvalue weighted by atomic mass is 16.5. The first kappa shape index (κ1) is 11.3. The fraction of sp³-hybridized carbons (Fsp3) is 0.154. The molecular weight excluding hydrogens is 218 g/mol. The molecule has 0 aliphatic rings. The molecule has 17 heavy (non-hydrogen) atoms. The summed E-state index contributed by atoms with van der Waals surface area (Å²) < 4.78 is 10.5. The Morgan fingerprint density at radius 3 is 2.59 bits per heavy atom. The summed E-state index contributed by atoms with van der Waals surface area (Å²) in [6, 6.07) is 10.9. The summed E-state index contributed by atoms with van der Waals surface area (Å²) in [5.74, 6) is 1.12. The van der Waals surface area contributed by atoms with Gasteiger partial charge in [0.25, 0.3) is 5.56 Å². The topological polar surface area (TPSA) is 51.3 Å². The first-order valence-corrected chi connectivity index (χ1v) is 5.23. The van der Waals surface area contributed by atoms with Crippen LogP contribution in [0.1, 0.15) is 5.56 Å². The van der Waals surface area contributed by atoms with E-state index in [1.165, 1.54) is 0 Å². The lowest BCUT2D eigenvalue weighted by Crippen LogP contribution is -2.09. The normalized spacial score (nSPS) is 9.94. The van der Waals surface area contributed by atoms with Crippen molar-refractivity contribution in [3.63, 3.8) is 0 Å². The van der Waals surface area contributed by atoms with Crippen LogP contribution in [0, 0.1) is 0 Å². The van der Waals surface area contributed by atoms with Crippen LogP contribution in [0.3, 0.4) is 0 Å². The van der Waals surface area contributed by atoms with Gasteiger partial charge in [-0.15, -0.1) is 0 Å². The summed E-state index contributed by atoms with van der Waals surface area (Å²) in [6.45, 7) is 0.358. The lowest BCUT2D eigenvalue weighted by Gasteiger charge is -2.05. The minimum atomic E-state index is -0.221. The summed E-state index contributed by atoms with van der Waals surface area (Å²) in [5, 5.41) is 0. The number of ether oxygens (including phenoxy) is 2. The quantitative estimate of drug-likeness (QED) is 0.875. The molecule has 0 saturated heterocycles. The lowest BCUT2D eigenvalue weighted by molar-refractivity contribution is 0.301. The Labute approximate surface area is 98.8 Å². The van der Waals surface area contributed by atoms with E-state index in [0.29, 0.717) is 12.4 Å². The molecule has 0 unspecified atom stereocenters. The third-order valence-corrected chi connectivity index (χ3v) is 2.34. The number of H-pyrrole nitrogens is 1. The maximum absolute atomic E-state index is 11.3. The van der Waals surface area contributed by atoms with E-state index in [4.69, 9.17) is 9.47 Å². The number of benzene rings is 1. The predicted octanol–water partition coefficient (Wildman–Crippen LogP) is 1.96. The highest BCUT2D eigenvalue weighted by Gasteiger charge is 2.00. The van der Waals surface area contributed by atoms with Crippen molar-refractivity contribution in [3.8, 4) is 11.5 Å². The van der Waals surface area contributed by atoms with Crippen molar-refractivity contribution in [1.82, 2.24) is 4.98 Å². The maximum Gasteiger partial charge on any atom is 0.290 e. The summed E-state index contributed by atoms with van der Waals surface area (Å²) in [5.41, 5.74) is 0.759. The number of hydrogen-bond acceptors (Lipinski definition) is 3. The maximum atomic E-state index is 11.3. The molecule has 88 valence electrons. The van der Waals surface area contributed by atoms with Crippen LogP contribution in [0.4, 0.5) is 0 Å². The molecule has 0 radical (unpaired) electrons. The molecule has 0 atom stereocenters. The zero-order valence-electron chi connectivity index (χ0n) is 9.47. The third-order valence-electron chi connectivity index (χ3n) is 2.34. The van der Waals surface area contributed by atoms with Gasteiger partial charge in [-0.05, 0) is 29.8 Å². The van der Waals surface area contributed by atoms with E-state index in [9.17, 15) is 4.79 Å². The Kier molecular flexibility index (Phi) is 3.45. The number of pyridine rings is 1. The van der Waals surface area contributed by atoms with Gasteiger partial charge in [-0.3, -0.25) is 4.79 Å². The average Bonchev–Trinajstić information content (AvgIpc) is 2.38. The van der Waals surface area contributed by atoms with E-state index >= 15 is 0 Å². The monoisotopic (exact) mass is 231 g/mol.